The molecule has 1 aromatic heterocycles. The molecule has 0 aliphatic heterocycles. The van der Waals surface area contributed by atoms with E-state index in [2.05, 4.69) is 10.3 Å². The lowest BCUT2D eigenvalue weighted by Gasteiger charge is -2.08. The quantitative estimate of drug-likeness (QED) is 0.861. The molecule has 0 saturated heterocycles. The highest BCUT2D eigenvalue weighted by molar-refractivity contribution is 5.77. The highest BCUT2D eigenvalue weighted by atomic mass is 19.4. The average Bonchev–Trinajstić information content (AvgIpc) is 2.52. The molecule has 0 fully saturated rings. The largest absolute Gasteiger partial charge is 0.441 e. The molecule has 3 nitrogen and oxygen atoms in total. The SMILES string of the molecule is Cc1nc2cc(NCC(F)(F)F)ccc2o1. The monoisotopic (exact) mass is 230 g/mol. The Bertz CT molecular complexity index is 504. The van der Waals surface area contributed by atoms with Crippen molar-refractivity contribution in [1.82, 2.24) is 4.98 Å². The van der Waals surface area contributed by atoms with Gasteiger partial charge in [0.15, 0.2) is 11.5 Å². The van der Waals surface area contributed by atoms with Crippen LogP contribution in [0.1, 0.15) is 5.89 Å². The molecular formula is C10H9F3N2O. The average molecular weight is 230 g/mol. The topological polar surface area (TPSA) is 38.1 Å². The van der Waals surface area contributed by atoms with Crippen LogP contribution in [-0.2, 0) is 0 Å². The number of nitrogens with zero attached hydrogens (tertiary/aromatic N) is 1. The molecule has 1 heterocycles. The molecule has 0 aliphatic carbocycles. The Morgan fingerprint density at radius 3 is 2.81 bits per heavy atom. The van der Waals surface area contributed by atoms with E-state index in [1.54, 1.807) is 13.0 Å². The molecule has 86 valence electrons. The zero-order valence-corrected chi connectivity index (χ0v) is 8.43. The highest BCUT2D eigenvalue weighted by Gasteiger charge is 2.26. The van der Waals surface area contributed by atoms with Crippen LogP contribution in [0.5, 0.6) is 0 Å². The van der Waals surface area contributed by atoms with E-state index in [-0.39, 0.29) is 0 Å². The van der Waals surface area contributed by atoms with Gasteiger partial charge < -0.3 is 9.73 Å². The number of hydrogen-bond donors (Lipinski definition) is 1. The van der Waals surface area contributed by atoms with Crippen LogP contribution in [0.15, 0.2) is 22.6 Å². The first-order valence-corrected chi connectivity index (χ1v) is 4.62. The van der Waals surface area contributed by atoms with Crippen LogP contribution in [-0.4, -0.2) is 17.7 Å². The van der Waals surface area contributed by atoms with E-state index in [9.17, 15) is 13.2 Å². The maximum Gasteiger partial charge on any atom is 0.405 e. The maximum atomic E-state index is 12.0. The van der Waals surface area contributed by atoms with E-state index in [4.69, 9.17) is 4.42 Å². The van der Waals surface area contributed by atoms with Gasteiger partial charge in [0.25, 0.3) is 0 Å². The second kappa shape index (κ2) is 3.70. The molecule has 0 atom stereocenters. The van der Waals surface area contributed by atoms with Crippen molar-refractivity contribution < 1.29 is 17.6 Å². The Balaban J connectivity index is 2.19. The Labute approximate surface area is 89.3 Å². The van der Waals surface area contributed by atoms with Gasteiger partial charge in [0.2, 0.25) is 0 Å². The van der Waals surface area contributed by atoms with E-state index in [0.717, 1.165) is 0 Å². The molecule has 2 rings (SSSR count). The van der Waals surface area contributed by atoms with Crippen molar-refractivity contribution in [1.29, 1.82) is 0 Å². The van der Waals surface area contributed by atoms with Gasteiger partial charge in [-0.3, -0.25) is 0 Å². The Morgan fingerprint density at radius 2 is 2.12 bits per heavy atom. The van der Waals surface area contributed by atoms with Crippen molar-refractivity contribution in [3.63, 3.8) is 0 Å². The molecule has 0 unspecified atom stereocenters. The lowest BCUT2D eigenvalue weighted by Crippen LogP contribution is -2.21. The molecule has 0 amide bonds. The molecule has 1 aromatic carbocycles. The minimum atomic E-state index is -4.23. The first-order chi connectivity index (χ1) is 7.44. The normalized spacial score (nSPS) is 12.0. The predicted molar refractivity (Wildman–Crippen MR) is 53.3 cm³/mol. The van der Waals surface area contributed by atoms with Crippen LogP contribution in [0, 0.1) is 6.92 Å². The Kier molecular flexibility index (Phi) is 2.49. The van der Waals surface area contributed by atoms with Crippen molar-refractivity contribution in [2.45, 2.75) is 13.1 Å². The van der Waals surface area contributed by atoms with Crippen molar-refractivity contribution in [3.8, 4) is 0 Å². The summed E-state index contributed by atoms with van der Waals surface area (Å²) in [5, 5.41) is 2.28. The molecule has 0 spiro atoms. The summed E-state index contributed by atoms with van der Waals surface area (Å²) in [5.41, 5.74) is 1.48. The Hall–Kier alpha value is -1.72. The highest BCUT2D eigenvalue weighted by Crippen LogP contribution is 2.21. The first-order valence-electron chi connectivity index (χ1n) is 4.62. The number of oxazole rings is 1. The van der Waals surface area contributed by atoms with Gasteiger partial charge in [-0.05, 0) is 18.2 Å². The number of anilines is 1. The van der Waals surface area contributed by atoms with E-state index in [0.29, 0.717) is 22.7 Å². The standard InChI is InChI=1S/C10H9F3N2O/c1-6-15-8-4-7(2-3-9(8)16-6)14-5-10(11,12)13/h2-4,14H,5H2,1H3. The molecule has 1 N–H and O–H groups in total. The van der Waals surface area contributed by atoms with Crippen molar-refractivity contribution in [2.24, 2.45) is 0 Å². The number of rotatable bonds is 2. The van der Waals surface area contributed by atoms with Crippen LogP contribution in [0.2, 0.25) is 0 Å². The van der Waals surface area contributed by atoms with Gasteiger partial charge in [0.1, 0.15) is 12.1 Å². The van der Waals surface area contributed by atoms with Gasteiger partial charge in [-0.1, -0.05) is 0 Å². The summed E-state index contributed by atoms with van der Waals surface area (Å²) >= 11 is 0. The smallest absolute Gasteiger partial charge is 0.405 e. The van der Waals surface area contributed by atoms with Crippen molar-refractivity contribution in [2.75, 3.05) is 11.9 Å². The molecule has 0 radical (unpaired) electrons. The van der Waals surface area contributed by atoms with Crippen molar-refractivity contribution in [3.05, 3.63) is 24.1 Å². The fraction of sp³-hybridized carbons (Fsp3) is 0.300. The summed E-state index contributed by atoms with van der Waals surface area (Å²) in [6.07, 6.45) is -4.23. The van der Waals surface area contributed by atoms with Gasteiger partial charge >= 0.3 is 6.18 Å². The first kappa shape index (κ1) is 10.8. The number of aryl methyl sites for hydroxylation is 1. The number of halogens is 3. The lowest BCUT2D eigenvalue weighted by atomic mass is 10.3. The van der Waals surface area contributed by atoms with Gasteiger partial charge in [-0.15, -0.1) is 0 Å². The summed E-state index contributed by atoms with van der Waals surface area (Å²) in [6.45, 7) is 0.623. The van der Waals surface area contributed by atoms with Crippen LogP contribution < -0.4 is 5.32 Å². The van der Waals surface area contributed by atoms with Crippen LogP contribution >= 0.6 is 0 Å². The molecule has 2 aromatic rings. The molecule has 0 aliphatic rings. The molecular weight excluding hydrogens is 221 g/mol. The summed E-state index contributed by atoms with van der Waals surface area (Å²) < 4.78 is 41.1. The third-order valence-electron chi connectivity index (χ3n) is 1.99. The zero-order valence-electron chi connectivity index (χ0n) is 8.43. The number of benzene rings is 1. The van der Waals surface area contributed by atoms with Gasteiger partial charge in [0, 0.05) is 12.6 Å². The predicted octanol–water partition coefficient (Wildman–Crippen LogP) is 3.11. The number of nitrogens with one attached hydrogen (secondary N) is 1. The molecule has 0 bridgehead atoms. The van der Waals surface area contributed by atoms with E-state index in [1.807, 2.05) is 0 Å². The minimum absolute atomic E-state index is 0.373. The van der Waals surface area contributed by atoms with Crippen LogP contribution in [0.4, 0.5) is 18.9 Å². The van der Waals surface area contributed by atoms with Crippen molar-refractivity contribution >= 4 is 16.8 Å². The number of hydrogen-bond acceptors (Lipinski definition) is 3. The van der Waals surface area contributed by atoms with Gasteiger partial charge in [-0.25, -0.2) is 4.98 Å². The van der Waals surface area contributed by atoms with Crippen LogP contribution in [0.25, 0.3) is 11.1 Å². The Morgan fingerprint density at radius 1 is 1.38 bits per heavy atom. The second-order valence-corrected chi connectivity index (χ2v) is 3.38. The summed E-state index contributed by atoms with van der Waals surface area (Å²) in [4.78, 5) is 4.03. The number of aromatic nitrogens is 1. The van der Waals surface area contributed by atoms with Gasteiger partial charge in [0.05, 0.1) is 0 Å². The minimum Gasteiger partial charge on any atom is -0.441 e. The zero-order chi connectivity index (χ0) is 11.8. The van der Waals surface area contributed by atoms with E-state index in [1.165, 1.54) is 12.1 Å². The molecule has 6 heteroatoms. The third kappa shape index (κ3) is 2.44. The van der Waals surface area contributed by atoms with E-state index >= 15 is 0 Å². The number of fused-ring (bicyclic) bond motifs is 1. The maximum absolute atomic E-state index is 12.0. The third-order valence-corrected chi connectivity index (χ3v) is 1.99. The van der Waals surface area contributed by atoms with Crippen LogP contribution in [0.3, 0.4) is 0 Å². The second-order valence-electron chi connectivity index (χ2n) is 3.38. The summed E-state index contributed by atoms with van der Waals surface area (Å²) in [5.74, 6) is 0.489. The summed E-state index contributed by atoms with van der Waals surface area (Å²) in [7, 11) is 0. The fourth-order valence-electron chi connectivity index (χ4n) is 1.35. The fourth-order valence-corrected chi connectivity index (χ4v) is 1.35. The van der Waals surface area contributed by atoms with E-state index < -0.39 is 12.7 Å². The van der Waals surface area contributed by atoms with Gasteiger partial charge in [-0.2, -0.15) is 13.2 Å². The molecule has 16 heavy (non-hydrogen) atoms. The lowest BCUT2D eigenvalue weighted by molar-refractivity contribution is -0.115. The number of alkyl halides is 3. The summed E-state index contributed by atoms with van der Waals surface area (Å²) in [6, 6.07) is 4.64. The molecule has 0 saturated carbocycles.